The van der Waals surface area contributed by atoms with Crippen LogP contribution in [-0.4, -0.2) is 65.0 Å². The van der Waals surface area contributed by atoms with Crippen LogP contribution in [0.3, 0.4) is 0 Å². The van der Waals surface area contributed by atoms with Gasteiger partial charge in [0.2, 0.25) is 11.8 Å². The van der Waals surface area contributed by atoms with E-state index in [1.54, 1.807) is 6.07 Å². The lowest BCUT2D eigenvalue weighted by molar-refractivity contribution is -0.141. The van der Waals surface area contributed by atoms with E-state index in [1.807, 2.05) is 45.0 Å². The summed E-state index contributed by atoms with van der Waals surface area (Å²) in [5.74, 6) is 2.34. The summed E-state index contributed by atoms with van der Waals surface area (Å²) in [6.07, 6.45) is 7.32. The van der Waals surface area contributed by atoms with E-state index < -0.39 is 18.1 Å². The highest BCUT2D eigenvalue weighted by molar-refractivity contribution is 5.91. The van der Waals surface area contributed by atoms with Gasteiger partial charge in [-0.1, -0.05) is 37.1 Å². The quantitative estimate of drug-likeness (QED) is 0.406. The topological polar surface area (TPSA) is 116 Å². The fourth-order valence-corrected chi connectivity index (χ4v) is 5.32. The average Bonchev–Trinajstić information content (AvgIpc) is 3.55. The van der Waals surface area contributed by atoms with Crippen molar-refractivity contribution in [3.63, 3.8) is 0 Å². The van der Waals surface area contributed by atoms with Crippen molar-refractivity contribution >= 4 is 23.9 Å². The Labute approximate surface area is 223 Å². The number of aliphatic hydroxyl groups is 1. The molecule has 0 aliphatic carbocycles. The van der Waals surface area contributed by atoms with Gasteiger partial charge < -0.3 is 29.5 Å². The van der Waals surface area contributed by atoms with Crippen LogP contribution in [0.1, 0.15) is 68.9 Å². The van der Waals surface area contributed by atoms with Crippen molar-refractivity contribution in [1.29, 1.82) is 0 Å². The Morgan fingerprint density at radius 1 is 1.21 bits per heavy atom. The van der Waals surface area contributed by atoms with Crippen molar-refractivity contribution in [3.8, 4) is 12.3 Å². The molecular formula is C29H36N4O5. The maximum atomic E-state index is 13.8. The number of amides is 2. The largest absolute Gasteiger partial charge is 0.391 e. The van der Waals surface area contributed by atoms with E-state index in [9.17, 15) is 19.5 Å². The molecule has 2 amide bonds. The Hall–Kier alpha value is -3.64. The number of aliphatic hydroxyl groups excluding tert-OH is 1. The van der Waals surface area contributed by atoms with Gasteiger partial charge in [0.1, 0.15) is 18.2 Å². The van der Waals surface area contributed by atoms with Crippen molar-refractivity contribution in [2.24, 2.45) is 11.8 Å². The van der Waals surface area contributed by atoms with Gasteiger partial charge >= 0.3 is 0 Å². The molecule has 0 radical (unpaired) electrons. The van der Waals surface area contributed by atoms with Gasteiger partial charge in [-0.2, -0.15) is 0 Å². The number of piperidine rings is 1. The molecule has 1 aromatic heterocycles. The molecule has 0 spiro atoms. The van der Waals surface area contributed by atoms with Gasteiger partial charge in [0.05, 0.1) is 12.1 Å². The summed E-state index contributed by atoms with van der Waals surface area (Å²) in [7, 11) is 0. The lowest BCUT2D eigenvalue weighted by Gasteiger charge is -2.30. The number of terminal acetylenes is 1. The van der Waals surface area contributed by atoms with E-state index in [0.29, 0.717) is 24.7 Å². The molecule has 2 fully saturated rings. The highest BCUT2D eigenvalue weighted by Crippen LogP contribution is 2.33. The van der Waals surface area contributed by atoms with Gasteiger partial charge in [0, 0.05) is 43.6 Å². The second kappa shape index (κ2) is 11.8. The SMILES string of the molecule is C#Cc1ccc([C@H](C)NC(=O)[C@@H]2C[C@@H](O)CN2C(=O)[C@@H](c2cc(N3CCC(C=O)CC3)no2)C(C)C)cc1. The van der Waals surface area contributed by atoms with Crippen LogP contribution in [-0.2, 0) is 14.4 Å². The maximum absolute atomic E-state index is 13.8. The second-order valence-corrected chi connectivity index (χ2v) is 10.7. The third-order valence-electron chi connectivity index (χ3n) is 7.61. The highest BCUT2D eigenvalue weighted by atomic mass is 16.5. The van der Waals surface area contributed by atoms with E-state index in [1.165, 1.54) is 4.90 Å². The minimum Gasteiger partial charge on any atom is -0.391 e. The van der Waals surface area contributed by atoms with Crippen molar-refractivity contribution in [1.82, 2.24) is 15.4 Å². The highest BCUT2D eigenvalue weighted by Gasteiger charge is 2.43. The van der Waals surface area contributed by atoms with Gasteiger partial charge in [-0.05, 0) is 43.4 Å². The lowest BCUT2D eigenvalue weighted by atomic mass is 9.91. The van der Waals surface area contributed by atoms with Crippen molar-refractivity contribution in [2.45, 2.75) is 64.1 Å². The van der Waals surface area contributed by atoms with E-state index in [0.717, 1.165) is 30.3 Å². The molecule has 202 valence electrons. The molecular weight excluding hydrogens is 484 g/mol. The average molecular weight is 521 g/mol. The first-order valence-corrected chi connectivity index (χ1v) is 13.2. The number of likely N-dealkylation sites (tertiary alicyclic amines) is 1. The van der Waals surface area contributed by atoms with Gasteiger partial charge in [0.15, 0.2) is 11.6 Å². The second-order valence-electron chi connectivity index (χ2n) is 10.7. The summed E-state index contributed by atoms with van der Waals surface area (Å²) >= 11 is 0. The third kappa shape index (κ3) is 5.91. The Morgan fingerprint density at radius 3 is 2.50 bits per heavy atom. The summed E-state index contributed by atoms with van der Waals surface area (Å²) in [6, 6.07) is 8.05. The van der Waals surface area contributed by atoms with Crippen LogP contribution < -0.4 is 10.2 Å². The molecule has 38 heavy (non-hydrogen) atoms. The zero-order valence-corrected chi connectivity index (χ0v) is 22.2. The number of rotatable bonds is 8. The molecule has 2 aliphatic heterocycles. The molecule has 9 heteroatoms. The minimum atomic E-state index is -0.795. The predicted molar refractivity (Wildman–Crippen MR) is 142 cm³/mol. The smallest absolute Gasteiger partial charge is 0.243 e. The number of hydrogen-bond donors (Lipinski definition) is 2. The summed E-state index contributed by atoms with van der Waals surface area (Å²) in [6.45, 7) is 7.17. The summed E-state index contributed by atoms with van der Waals surface area (Å²) in [5.41, 5.74) is 1.64. The summed E-state index contributed by atoms with van der Waals surface area (Å²) in [4.78, 5) is 41.7. The summed E-state index contributed by atoms with van der Waals surface area (Å²) < 4.78 is 5.65. The zero-order chi connectivity index (χ0) is 27.4. The lowest BCUT2D eigenvalue weighted by Crippen LogP contribution is -2.48. The molecule has 0 bridgehead atoms. The molecule has 1 aromatic carbocycles. The third-order valence-corrected chi connectivity index (χ3v) is 7.61. The van der Waals surface area contributed by atoms with Crippen molar-refractivity contribution in [3.05, 3.63) is 47.2 Å². The molecule has 4 rings (SSSR count). The van der Waals surface area contributed by atoms with E-state index >= 15 is 0 Å². The number of anilines is 1. The molecule has 2 aromatic rings. The number of nitrogens with one attached hydrogen (secondary N) is 1. The molecule has 2 aliphatic rings. The molecule has 0 unspecified atom stereocenters. The Bertz CT molecular complexity index is 1180. The normalized spacial score (nSPS) is 21.7. The minimum absolute atomic E-state index is 0.0670. The van der Waals surface area contributed by atoms with Crippen LogP contribution in [0.2, 0.25) is 0 Å². The van der Waals surface area contributed by atoms with Gasteiger partial charge in [-0.15, -0.1) is 6.42 Å². The number of β-amino-alcohol motifs (C(OH)–C–C–N with tert-alkyl or cyclic N) is 1. The fourth-order valence-electron chi connectivity index (χ4n) is 5.32. The first-order valence-electron chi connectivity index (χ1n) is 13.2. The molecule has 2 N–H and O–H groups in total. The van der Waals surface area contributed by atoms with Crippen LogP contribution in [0.25, 0.3) is 0 Å². The number of benzene rings is 1. The first kappa shape index (κ1) is 27.4. The van der Waals surface area contributed by atoms with Crippen LogP contribution in [0.4, 0.5) is 5.82 Å². The molecule has 2 saturated heterocycles. The van der Waals surface area contributed by atoms with Crippen LogP contribution >= 0.6 is 0 Å². The van der Waals surface area contributed by atoms with Crippen molar-refractivity contribution in [2.75, 3.05) is 24.5 Å². The first-order chi connectivity index (χ1) is 18.2. The maximum Gasteiger partial charge on any atom is 0.243 e. The van der Waals surface area contributed by atoms with Gasteiger partial charge in [-0.25, -0.2) is 0 Å². The summed E-state index contributed by atoms with van der Waals surface area (Å²) in [5, 5.41) is 17.6. The van der Waals surface area contributed by atoms with Crippen LogP contribution in [0.15, 0.2) is 34.9 Å². The van der Waals surface area contributed by atoms with E-state index in [2.05, 4.69) is 21.3 Å². The Morgan fingerprint density at radius 2 is 1.89 bits per heavy atom. The standard InChI is InChI=1S/C29H36N4O5/c1-5-20-6-8-22(9-7-20)19(4)30-28(36)24-14-23(35)16-33(24)29(37)27(18(2)3)25-15-26(31-38-25)32-12-10-21(17-34)11-13-32/h1,6-9,15,17-19,21,23-24,27,35H,10-14,16H2,2-4H3,(H,30,36)/t19-,23+,24-,27+/m0/s1. The number of aromatic nitrogens is 1. The van der Waals surface area contributed by atoms with Crippen LogP contribution in [0, 0.1) is 24.2 Å². The van der Waals surface area contributed by atoms with Crippen molar-refractivity contribution < 1.29 is 24.0 Å². The number of carbonyl (C=O) groups is 3. The monoisotopic (exact) mass is 520 g/mol. The fraction of sp³-hybridized carbons (Fsp3) is 0.517. The molecule has 0 saturated carbocycles. The zero-order valence-electron chi connectivity index (χ0n) is 22.2. The van der Waals surface area contributed by atoms with Crippen LogP contribution in [0.5, 0.6) is 0 Å². The molecule has 4 atom stereocenters. The van der Waals surface area contributed by atoms with Gasteiger partial charge in [-0.3, -0.25) is 9.59 Å². The predicted octanol–water partition coefficient (Wildman–Crippen LogP) is 2.65. The molecule has 3 heterocycles. The Kier molecular flexibility index (Phi) is 8.52. The Balaban J connectivity index is 1.47. The number of carbonyl (C=O) groups excluding carboxylic acids is 3. The van der Waals surface area contributed by atoms with E-state index in [-0.39, 0.29) is 42.7 Å². The molecule has 9 nitrogen and oxygen atoms in total. The van der Waals surface area contributed by atoms with Gasteiger partial charge in [0.25, 0.3) is 0 Å². The number of aldehydes is 1. The van der Waals surface area contributed by atoms with E-state index in [4.69, 9.17) is 10.9 Å². The number of hydrogen-bond acceptors (Lipinski definition) is 7. The number of nitrogens with zero attached hydrogens (tertiary/aromatic N) is 3.